The van der Waals surface area contributed by atoms with Crippen molar-refractivity contribution in [2.24, 2.45) is 17.3 Å². The highest BCUT2D eigenvalue weighted by Gasteiger charge is 2.15. The third kappa shape index (κ3) is 3.88. The third-order valence-electron chi connectivity index (χ3n) is 4.10. The SMILES string of the molecule is COc1ccc2c(c1)c(N=NC(=O)COc1ccc(Cl)cc1C)c(O)n2C. The molecule has 1 aromatic heterocycles. The highest BCUT2D eigenvalue weighted by Crippen LogP contribution is 2.39. The molecule has 0 atom stereocenters. The van der Waals surface area contributed by atoms with Gasteiger partial charge in [-0.05, 0) is 48.9 Å². The van der Waals surface area contributed by atoms with Crippen molar-refractivity contribution in [2.45, 2.75) is 6.92 Å². The van der Waals surface area contributed by atoms with Crippen molar-refractivity contribution in [2.75, 3.05) is 13.7 Å². The van der Waals surface area contributed by atoms with Gasteiger partial charge in [-0.15, -0.1) is 10.2 Å². The number of aromatic nitrogens is 1. The second kappa shape index (κ2) is 7.67. The van der Waals surface area contributed by atoms with E-state index in [4.69, 9.17) is 21.1 Å². The second-order valence-corrected chi connectivity index (χ2v) is 6.34. The summed E-state index contributed by atoms with van der Waals surface area (Å²) in [7, 11) is 3.24. The molecule has 3 aromatic rings. The Kier molecular flexibility index (Phi) is 5.32. The number of fused-ring (bicyclic) bond motifs is 1. The van der Waals surface area contributed by atoms with Gasteiger partial charge < -0.3 is 19.1 Å². The lowest BCUT2D eigenvalue weighted by molar-refractivity contribution is -0.120. The molecule has 0 radical (unpaired) electrons. The average molecular weight is 388 g/mol. The Labute approximate surface area is 160 Å². The number of hydrogen-bond donors (Lipinski definition) is 1. The largest absolute Gasteiger partial charge is 0.497 e. The van der Waals surface area contributed by atoms with Gasteiger partial charge in [0.15, 0.2) is 12.3 Å². The standard InChI is InChI=1S/C19H18ClN3O4/c1-11-8-12(20)4-7-16(11)27-10-17(24)21-22-18-14-9-13(26-3)5-6-15(14)23(2)19(18)25/h4-9,25H,10H2,1-3H3. The number of methoxy groups -OCH3 is 1. The van der Waals surface area contributed by atoms with Crippen LogP contribution in [-0.2, 0) is 11.8 Å². The Morgan fingerprint density at radius 2 is 2.04 bits per heavy atom. The molecule has 0 fully saturated rings. The van der Waals surface area contributed by atoms with E-state index >= 15 is 0 Å². The van der Waals surface area contributed by atoms with Gasteiger partial charge in [-0.3, -0.25) is 4.79 Å². The average Bonchev–Trinajstić information content (AvgIpc) is 2.89. The summed E-state index contributed by atoms with van der Waals surface area (Å²) in [5.74, 6) is 0.478. The Bertz CT molecular complexity index is 1040. The Balaban J connectivity index is 1.79. The van der Waals surface area contributed by atoms with Crippen LogP contribution in [0, 0.1) is 6.92 Å². The number of carbonyl (C=O) groups is 1. The molecule has 2 aromatic carbocycles. The van der Waals surface area contributed by atoms with Crippen molar-refractivity contribution in [3.05, 3.63) is 47.0 Å². The van der Waals surface area contributed by atoms with Crippen LogP contribution in [0.3, 0.4) is 0 Å². The first-order chi connectivity index (χ1) is 12.9. The quantitative estimate of drug-likeness (QED) is 0.651. The maximum atomic E-state index is 12.0. The predicted molar refractivity (Wildman–Crippen MR) is 102 cm³/mol. The number of ether oxygens (including phenoxy) is 2. The Morgan fingerprint density at radius 1 is 1.26 bits per heavy atom. The van der Waals surface area contributed by atoms with E-state index in [1.807, 2.05) is 6.92 Å². The maximum absolute atomic E-state index is 12.0. The van der Waals surface area contributed by atoms with Gasteiger partial charge in [0.2, 0.25) is 5.88 Å². The molecule has 0 saturated carbocycles. The molecule has 8 heteroatoms. The van der Waals surface area contributed by atoms with Crippen LogP contribution in [0.25, 0.3) is 10.9 Å². The van der Waals surface area contributed by atoms with Crippen molar-refractivity contribution in [3.8, 4) is 17.4 Å². The van der Waals surface area contributed by atoms with Gasteiger partial charge in [-0.1, -0.05) is 11.6 Å². The van der Waals surface area contributed by atoms with E-state index in [1.54, 1.807) is 55.1 Å². The minimum absolute atomic E-state index is 0.0933. The topological polar surface area (TPSA) is 85.4 Å². The van der Waals surface area contributed by atoms with Gasteiger partial charge in [-0.2, -0.15) is 0 Å². The number of amides is 1. The lowest BCUT2D eigenvalue weighted by Gasteiger charge is -2.06. The molecule has 27 heavy (non-hydrogen) atoms. The fraction of sp³-hybridized carbons (Fsp3) is 0.211. The summed E-state index contributed by atoms with van der Waals surface area (Å²) in [6.45, 7) is 1.55. The van der Waals surface area contributed by atoms with Crippen molar-refractivity contribution in [1.29, 1.82) is 0 Å². The molecule has 1 N–H and O–H groups in total. The summed E-state index contributed by atoms with van der Waals surface area (Å²) in [6, 6.07) is 10.4. The van der Waals surface area contributed by atoms with E-state index in [0.717, 1.165) is 11.1 Å². The van der Waals surface area contributed by atoms with Gasteiger partial charge in [0, 0.05) is 17.5 Å². The molecule has 0 aliphatic heterocycles. The summed E-state index contributed by atoms with van der Waals surface area (Å²) in [5, 5.41) is 19.1. The number of azo groups is 1. The van der Waals surface area contributed by atoms with E-state index in [1.165, 1.54) is 0 Å². The molecule has 0 bridgehead atoms. The number of aryl methyl sites for hydroxylation is 2. The molecule has 140 valence electrons. The van der Waals surface area contributed by atoms with Gasteiger partial charge in [-0.25, -0.2) is 0 Å². The summed E-state index contributed by atoms with van der Waals surface area (Å²) in [6.07, 6.45) is 0. The lowest BCUT2D eigenvalue weighted by Crippen LogP contribution is -2.08. The zero-order chi connectivity index (χ0) is 19.6. The third-order valence-corrected chi connectivity index (χ3v) is 4.33. The minimum Gasteiger partial charge on any atom is -0.497 e. The van der Waals surface area contributed by atoms with Crippen LogP contribution in [-0.4, -0.2) is 29.3 Å². The summed E-state index contributed by atoms with van der Waals surface area (Å²) < 4.78 is 12.2. The van der Waals surface area contributed by atoms with Crippen molar-refractivity contribution < 1.29 is 19.4 Å². The molecular weight excluding hydrogens is 370 g/mol. The van der Waals surface area contributed by atoms with Crippen molar-refractivity contribution in [1.82, 2.24) is 4.57 Å². The molecule has 1 heterocycles. The molecule has 0 saturated heterocycles. The van der Waals surface area contributed by atoms with Crippen LogP contribution < -0.4 is 9.47 Å². The highest BCUT2D eigenvalue weighted by molar-refractivity contribution is 6.30. The summed E-state index contributed by atoms with van der Waals surface area (Å²) in [4.78, 5) is 12.0. The lowest BCUT2D eigenvalue weighted by atomic mass is 10.2. The number of hydrogen-bond acceptors (Lipinski definition) is 5. The van der Waals surface area contributed by atoms with Crippen LogP contribution in [0.2, 0.25) is 5.02 Å². The predicted octanol–water partition coefficient (Wildman–Crippen LogP) is 4.54. The number of carbonyl (C=O) groups excluding carboxylic acids is 1. The first-order valence-corrected chi connectivity index (χ1v) is 8.47. The number of nitrogens with zero attached hydrogens (tertiary/aromatic N) is 3. The van der Waals surface area contributed by atoms with E-state index in [9.17, 15) is 9.90 Å². The second-order valence-electron chi connectivity index (χ2n) is 5.91. The van der Waals surface area contributed by atoms with Gasteiger partial charge >= 0.3 is 5.91 Å². The smallest absolute Gasteiger partial charge is 0.302 e. The molecule has 0 spiro atoms. The maximum Gasteiger partial charge on any atom is 0.302 e. The van der Waals surface area contributed by atoms with Gasteiger partial charge in [0.1, 0.15) is 11.5 Å². The van der Waals surface area contributed by atoms with E-state index < -0.39 is 5.91 Å². The van der Waals surface area contributed by atoms with Crippen LogP contribution in [0.15, 0.2) is 46.6 Å². The van der Waals surface area contributed by atoms with Crippen LogP contribution in [0.4, 0.5) is 5.69 Å². The van der Waals surface area contributed by atoms with Gasteiger partial charge in [0.05, 0.1) is 12.6 Å². The summed E-state index contributed by atoms with van der Waals surface area (Å²) in [5.41, 5.74) is 1.75. The van der Waals surface area contributed by atoms with E-state index in [-0.39, 0.29) is 18.2 Å². The highest BCUT2D eigenvalue weighted by atomic mass is 35.5. The molecule has 0 aliphatic rings. The minimum atomic E-state index is -0.580. The van der Waals surface area contributed by atoms with E-state index in [2.05, 4.69) is 10.2 Å². The van der Waals surface area contributed by atoms with Crippen molar-refractivity contribution >= 4 is 34.1 Å². The number of rotatable bonds is 5. The number of benzene rings is 2. The molecule has 3 rings (SSSR count). The zero-order valence-electron chi connectivity index (χ0n) is 15.1. The number of halogens is 1. The van der Waals surface area contributed by atoms with Gasteiger partial charge in [0.25, 0.3) is 0 Å². The summed E-state index contributed by atoms with van der Waals surface area (Å²) >= 11 is 5.89. The monoisotopic (exact) mass is 387 g/mol. The normalized spacial score (nSPS) is 11.3. The Morgan fingerprint density at radius 3 is 2.74 bits per heavy atom. The van der Waals surface area contributed by atoms with Crippen LogP contribution >= 0.6 is 11.6 Å². The van der Waals surface area contributed by atoms with Crippen molar-refractivity contribution in [3.63, 3.8) is 0 Å². The first-order valence-electron chi connectivity index (χ1n) is 8.09. The van der Waals surface area contributed by atoms with Crippen LogP contribution in [0.1, 0.15) is 5.56 Å². The first kappa shape index (κ1) is 18.7. The zero-order valence-corrected chi connectivity index (χ0v) is 15.8. The molecule has 1 amide bonds. The fourth-order valence-corrected chi connectivity index (χ4v) is 2.89. The van der Waals surface area contributed by atoms with E-state index in [0.29, 0.717) is 21.9 Å². The molecule has 0 aliphatic carbocycles. The number of aromatic hydroxyl groups is 1. The molecule has 7 nitrogen and oxygen atoms in total. The fourth-order valence-electron chi connectivity index (χ4n) is 2.67. The molecule has 0 unspecified atom stereocenters. The Hall–Kier alpha value is -3.06. The van der Waals surface area contributed by atoms with Crippen LogP contribution in [0.5, 0.6) is 17.4 Å². The molecular formula is C19H18ClN3O4.